The van der Waals surface area contributed by atoms with Crippen molar-refractivity contribution in [3.63, 3.8) is 0 Å². The van der Waals surface area contributed by atoms with Crippen LogP contribution in [0.5, 0.6) is 0 Å². The van der Waals surface area contributed by atoms with E-state index in [1.807, 2.05) is 18.6 Å². The smallest absolute Gasteiger partial charge is 0.128 e. The molecule has 1 fully saturated rings. The molecule has 0 bridgehead atoms. The lowest BCUT2D eigenvalue weighted by Crippen LogP contribution is -2.36. The number of anilines is 1. The van der Waals surface area contributed by atoms with Crippen LogP contribution in [0.15, 0.2) is 53.5 Å². The van der Waals surface area contributed by atoms with Crippen LogP contribution in [0.4, 0.5) is 5.82 Å². The van der Waals surface area contributed by atoms with Crippen LogP contribution in [0, 0.1) is 11.3 Å². The van der Waals surface area contributed by atoms with Crippen molar-refractivity contribution in [2.24, 2.45) is 4.36 Å². The zero-order valence-electron chi connectivity index (χ0n) is 18.8. The minimum absolute atomic E-state index is 0.397. The normalized spacial score (nSPS) is 15.0. The predicted octanol–water partition coefficient (Wildman–Crippen LogP) is 3.66. The van der Waals surface area contributed by atoms with Crippen molar-refractivity contribution in [2.45, 2.75) is 18.9 Å². The van der Waals surface area contributed by atoms with Gasteiger partial charge in [0.15, 0.2) is 0 Å². The fourth-order valence-electron chi connectivity index (χ4n) is 4.33. The maximum atomic E-state index is 9.60. The van der Waals surface area contributed by atoms with Crippen LogP contribution in [0.25, 0.3) is 27.8 Å². The summed E-state index contributed by atoms with van der Waals surface area (Å²) in [4.78, 5) is 7.09. The van der Waals surface area contributed by atoms with E-state index in [9.17, 15) is 5.26 Å². The number of nitriles is 1. The standard InChI is InChI=1S/C24H26N8S/c1-33(2,3)30-21-6-8-31(9-7-21)23-5-4-17(12-26-23)22-10-18(20-13-27-28-14-20)16-32-24(22)19(11-25)15-29-32/h4-5,10,12-16,21H,1,6-9H2,2-3H3,(H,27,28). The lowest BCUT2D eigenvalue weighted by atomic mass is 10.0. The Morgan fingerprint density at radius 3 is 2.61 bits per heavy atom. The number of hydrogen-bond acceptors (Lipinski definition) is 6. The number of pyridine rings is 2. The van der Waals surface area contributed by atoms with Crippen LogP contribution in [-0.2, 0) is 9.41 Å². The molecule has 9 heteroatoms. The second-order valence-electron chi connectivity index (χ2n) is 8.80. The van der Waals surface area contributed by atoms with Crippen LogP contribution in [-0.4, -0.2) is 62.3 Å². The third kappa shape index (κ3) is 4.34. The molecule has 1 N–H and O–H groups in total. The summed E-state index contributed by atoms with van der Waals surface area (Å²) in [5.41, 5.74) is 5.09. The number of nitrogens with one attached hydrogen (secondary N) is 1. The highest BCUT2D eigenvalue weighted by Gasteiger charge is 2.20. The number of H-pyrrole nitrogens is 1. The van der Waals surface area contributed by atoms with Gasteiger partial charge in [-0.3, -0.25) is 9.46 Å². The quantitative estimate of drug-likeness (QED) is 0.471. The molecular weight excluding hydrogens is 432 g/mol. The molecule has 0 atom stereocenters. The molecule has 0 unspecified atom stereocenters. The molecule has 1 aliphatic rings. The van der Waals surface area contributed by atoms with Gasteiger partial charge in [-0.05, 0) is 43.6 Å². The van der Waals surface area contributed by atoms with Gasteiger partial charge in [0.1, 0.15) is 11.9 Å². The summed E-state index contributed by atoms with van der Waals surface area (Å²) in [6, 6.07) is 8.85. The molecule has 5 rings (SSSR count). The highest BCUT2D eigenvalue weighted by molar-refractivity contribution is 8.01. The van der Waals surface area contributed by atoms with E-state index in [1.165, 1.54) is 0 Å². The Labute approximate surface area is 193 Å². The summed E-state index contributed by atoms with van der Waals surface area (Å²) in [6.45, 7) is 1.88. The maximum absolute atomic E-state index is 9.60. The van der Waals surface area contributed by atoms with E-state index >= 15 is 0 Å². The minimum atomic E-state index is -1.08. The molecular formula is C24H26N8S. The molecule has 0 radical (unpaired) electrons. The maximum Gasteiger partial charge on any atom is 0.128 e. The third-order valence-electron chi connectivity index (χ3n) is 5.85. The first kappa shape index (κ1) is 21.2. The molecule has 33 heavy (non-hydrogen) atoms. The number of rotatable bonds is 4. The summed E-state index contributed by atoms with van der Waals surface area (Å²) >= 11 is 0. The van der Waals surface area contributed by atoms with Gasteiger partial charge in [-0.25, -0.2) is 9.50 Å². The summed E-state index contributed by atoms with van der Waals surface area (Å²) in [5, 5.41) is 20.9. The van der Waals surface area contributed by atoms with E-state index in [0.717, 1.165) is 59.5 Å². The highest BCUT2D eigenvalue weighted by Crippen LogP contribution is 2.32. The molecule has 0 aliphatic carbocycles. The number of nitrogens with zero attached hydrogens (tertiary/aromatic N) is 7. The molecule has 8 nitrogen and oxygen atoms in total. The molecule has 4 aromatic rings. The van der Waals surface area contributed by atoms with E-state index in [-0.39, 0.29) is 0 Å². The minimum Gasteiger partial charge on any atom is -0.356 e. The van der Waals surface area contributed by atoms with Gasteiger partial charge in [-0.2, -0.15) is 15.5 Å². The molecule has 0 aromatic carbocycles. The van der Waals surface area contributed by atoms with Crippen LogP contribution in [0.2, 0.25) is 0 Å². The van der Waals surface area contributed by atoms with Crippen LogP contribution in [0.3, 0.4) is 0 Å². The SMILES string of the molecule is C=S(C)(C)=NC1CCN(c2ccc(-c3cc(-c4cn[nH]c4)cn4ncc(C#N)c34)cn2)CC1. The van der Waals surface area contributed by atoms with Crippen LogP contribution < -0.4 is 4.90 Å². The van der Waals surface area contributed by atoms with Crippen molar-refractivity contribution in [2.75, 3.05) is 30.5 Å². The van der Waals surface area contributed by atoms with Gasteiger partial charge in [0.2, 0.25) is 0 Å². The first-order chi connectivity index (χ1) is 15.9. The van der Waals surface area contributed by atoms with Crippen molar-refractivity contribution in [1.82, 2.24) is 24.8 Å². The molecule has 1 aliphatic heterocycles. The van der Waals surface area contributed by atoms with Gasteiger partial charge in [0.25, 0.3) is 0 Å². The summed E-state index contributed by atoms with van der Waals surface area (Å²) in [6.07, 6.45) is 15.3. The van der Waals surface area contributed by atoms with Crippen molar-refractivity contribution < 1.29 is 0 Å². The predicted molar refractivity (Wildman–Crippen MR) is 135 cm³/mol. The highest BCUT2D eigenvalue weighted by atomic mass is 32.2. The zero-order valence-corrected chi connectivity index (χ0v) is 19.6. The fourth-order valence-corrected chi connectivity index (χ4v) is 5.34. The molecule has 1 saturated heterocycles. The van der Waals surface area contributed by atoms with Crippen molar-refractivity contribution >= 4 is 26.6 Å². The van der Waals surface area contributed by atoms with Crippen LogP contribution in [0.1, 0.15) is 18.4 Å². The Bertz CT molecular complexity index is 1430. The first-order valence-electron chi connectivity index (χ1n) is 10.8. The van der Waals surface area contributed by atoms with Gasteiger partial charge < -0.3 is 4.90 Å². The van der Waals surface area contributed by atoms with Crippen molar-refractivity contribution in [1.29, 1.82) is 5.26 Å². The Morgan fingerprint density at radius 1 is 1.15 bits per heavy atom. The summed E-state index contributed by atoms with van der Waals surface area (Å²) in [7, 11) is -1.08. The lowest BCUT2D eigenvalue weighted by Gasteiger charge is -2.31. The van der Waals surface area contributed by atoms with E-state index < -0.39 is 9.41 Å². The van der Waals surface area contributed by atoms with E-state index in [2.05, 4.69) is 62.8 Å². The third-order valence-corrected chi connectivity index (χ3v) is 6.71. The van der Waals surface area contributed by atoms with Gasteiger partial charge in [-0.15, -0.1) is 9.41 Å². The Morgan fingerprint density at radius 2 is 1.97 bits per heavy atom. The second-order valence-corrected chi connectivity index (χ2v) is 12.0. The Hall–Kier alpha value is -3.64. The van der Waals surface area contributed by atoms with Gasteiger partial charge in [0.05, 0.1) is 29.5 Å². The Kier molecular flexibility index (Phi) is 5.38. The molecule has 5 heterocycles. The van der Waals surface area contributed by atoms with Crippen molar-refractivity contribution in [3.05, 3.63) is 54.7 Å². The first-order valence-corrected chi connectivity index (χ1v) is 13.4. The zero-order chi connectivity index (χ0) is 23.0. The van der Waals surface area contributed by atoms with Gasteiger partial charge >= 0.3 is 0 Å². The summed E-state index contributed by atoms with van der Waals surface area (Å²) < 4.78 is 6.66. The van der Waals surface area contributed by atoms with Gasteiger partial charge in [-0.1, -0.05) is 5.87 Å². The fraction of sp³-hybridized carbons (Fsp3) is 0.292. The van der Waals surface area contributed by atoms with Crippen molar-refractivity contribution in [3.8, 4) is 28.3 Å². The number of aromatic amines is 1. The molecule has 0 amide bonds. The monoisotopic (exact) mass is 458 g/mol. The molecule has 0 saturated carbocycles. The topological polar surface area (TPSA) is 98.3 Å². The number of hydrogen-bond donors (Lipinski definition) is 1. The van der Waals surface area contributed by atoms with Crippen LogP contribution >= 0.6 is 0 Å². The molecule has 4 aromatic heterocycles. The second kappa shape index (κ2) is 8.37. The number of aromatic nitrogens is 5. The van der Waals surface area contributed by atoms with Gasteiger partial charge in [0, 0.05) is 53.9 Å². The van der Waals surface area contributed by atoms with E-state index in [1.54, 1.807) is 16.9 Å². The summed E-state index contributed by atoms with van der Waals surface area (Å²) in [5.74, 6) is 5.16. The average Bonchev–Trinajstić information content (AvgIpc) is 3.48. The largest absolute Gasteiger partial charge is 0.356 e. The van der Waals surface area contributed by atoms with E-state index in [0.29, 0.717) is 11.6 Å². The van der Waals surface area contributed by atoms with E-state index in [4.69, 9.17) is 9.35 Å². The number of fused-ring (bicyclic) bond motifs is 1. The molecule has 0 spiro atoms. The number of piperidine rings is 1. The lowest BCUT2D eigenvalue weighted by molar-refractivity contribution is 0.504. The molecule has 168 valence electrons. The average molecular weight is 459 g/mol. The Balaban J connectivity index is 1.46.